The zero-order chi connectivity index (χ0) is 16.1. The highest BCUT2D eigenvalue weighted by Gasteiger charge is 2.25. The molecular formula is C20H24N2O. The smallest absolute Gasteiger partial charge is 0.228 e. The maximum absolute atomic E-state index is 12.5. The first-order valence-corrected chi connectivity index (χ1v) is 8.34. The standard InChI is InChI=1S/C20H24N2O/c1-16-9-11-19(12-10-16)21-20(23)18-8-5-13-22(15-18)14-17-6-3-2-4-7-17/h2-4,6-7,9-12,18H,5,8,13-15H2,1H3,(H,21,23). The van der Waals surface area contributed by atoms with E-state index in [1.165, 1.54) is 11.1 Å². The summed E-state index contributed by atoms with van der Waals surface area (Å²) in [5, 5.41) is 3.06. The molecular weight excluding hydrogens is 284 g/mol. The quantitative estimate of drug-likeness (QED) is 0.930. The summed E-state index contributed by atoms with van der Waals surface area (Å²) in [6.07, 6.45) is 2.06. The third-order valence-corrected chi connectivity index (χ3v) is 4.44. The zero-order valence-corrected chi connectivity index (χ0v) is 13.7. The average Bonchev–Trinajstić information content (AvgIpc) is 2.58. The summed E-state index contributed by atoms with van der Waals surface area (Å²) in [5.41, 5.74) is 3.41. The maximum Gasteiger partial charge on any atom is 0.228 e. The van der Waals surface area contributed by atoms with Crippen LogP contribution in [0.3, 0.4) is 0 Å². The number of anilines is 1. The van der Waals surface area contributed by atoms with Gasteiger partial charge in [0.15, 0.2) is 0 Å². The number of carbonyl (C=O) groups is 1. The monoisotopic (exact) mass is 308 g/mol. The Labute approximate surface area is 138 Å². The maximum atomic E-state index is 12.5. The number of hydrogen-bond acceptors (Lipinski definition) is 2. The Morgan fingerprint density at radius 3 is 2.61 bits per heavy atom. The van der Waals surface area contributed by atoms with Crippen molar-refractivity contribution in [2.75, 3.05) is 18.4 Å². The minimum atomic E-state index is 0.0776. The van der Waals surface area contributed by atoms with E-state index in [9.17, 15) is 4.79 Å². The molecule has 2 aromatic carbocycles. The number of likely N-dealkylation sites (tertiary alicyclic amines) is 1. The lowest BCUT2D eigenvalue weighted by Gasteiger charge is -2.32. The lowest BCUT2D eigenvalue weighted by Crippen LogP contribution is -2.40. The van der Waals surface area contributed by atoms with Crippen LogP contribution >= 0.6 is 0 Å². The molecule has 0 spiro atoms. The van der Waals surface area contributed by atoms with Gasteiger partial charge in [-0.25, -0.2) is 0 Å². The van der Waals surface area contributed by atoms with Crippen LogP contribution in [0, 0.1) is 12.8 Å². The highest BCUT2D eigenvalue weighted by Crippen LogP contribution is 2.20. The van der Waals surface area contributed by atoms with Crippen LogP contribution in [0.25, 0.3) is 0 Å². The summed E-state index contributed by atoms with van der Waals surface area (Å²) in [5.74, 6) is 0.223. The number of benzene rings is 2. The van der Waals surface area contributed by atoms with Crippen molar-refractivity contribution < 1.29 is 4.79 Å². The molecule has 3 rings (SSSR count). The number of piperidine rings is 1. The molecule has 0 radical (unpaired) electrons. The summed E-state index contributed by atoms with van der Waals surface area (Å²) in [6.45, 7) is 4.89. The molecule has 1 fully saturated rings. The van der Waals surface area contributed by atoms with Crippen molar-refractivity contribution in [2.45, 2.75) is 26.3 Å². The van der Waals surface area contributed by atoms with Crippen LogP contribution in [0.4, 0.5) is 5.69 Å². The minimum Gasteiger partial charge on any atom is -0.326 e. The van der Waals surface area contributed by atoms with Crippen LogP contribution in [0.2, 0.25) is 0 Å². The van der Waals surface area contributed by atoms with E-state index in [0.29, 0.717) is 0 Å². The number of nitrogens with one attached hydrogen (secondary N) is 1. The molecule has 0 saturated carbocycles. The third-order valence-electron chi connectivity index (χ3n) is 4.44. The molecule has 1 saturated heterocycles. The number of nitrogens with zero attached hydrogens (tertiary/aromatic N) is 1. The molecule has 0 bridgehead atoms. The van der Waals surface area contributed by atoms with Crippen molar-refractivity contribution in [1.29, 1.82) is 0 Å². The molecule has 1 aliphatic heterocycles. The molecule has 1 atom stereocenters. The summed E-state index contributed by atoms with van der Waals surface area (Å²) >= 11 is 0. The van der Waals surface area contributed by atoms with Gasteiger partial charge in [0.2, 0.25) is 5.91 Å². The van der Waals surface area contributed by atoms with Gasteiger partial charge in [0.05, 0.1) is 5.92 Å². The topological polar surface area (TPSA) is 32.3 Å². The molecule has 1 N–H and O–H groups in total. The lowest BCUT2D eigenvalue weighted by molar-refractivity contribution is -0.121. The van der Waals surface area contributed by atoms with E-state index < -0.39 is 0 Å². The van der Waals surface area contributed by atoms with E-state index in [1.807, 2.05) is 37.3 Å². The first-order valence-electron chi connectivity index (χ1n) is 8.34. The summed E-state index contributed by atoms with van der Waals surface area (Å²) in [6, 6.07) is 18.5. The molecule has 1 unspecified atom stereocenters. The van der Waals surface area contributed by atoms with Crippen LogP contribution in [-0.4, -0.2) is 23.9 Å². The summed E-state index contributed by atoms with van der Waals surface area (Å²) in [4.78, 5) is 14.9. The van der Waals surface area contributed by atoms with Gasteiger partial charge in [-0.3, -0.25) is 9.69 Å². The average molecular weight is 308 g/mol. The Hall–Kier alpha value is -2.13. The van der Waals surface area contributed by atoms with E-state index >= 15 is 0 Å². The molecule has 1 aliphatic rings. The Bertz CT molecular complexity index is 636. The van der Waals surface area contributed by atoms with Gasteiger partial charge in [-0.05, 0) is 44.0 Å². The highest BCUT2D eigenvalue weighted by atomic mass is 16.1. The van der Waals surface area contributed by atoms with Gasteiger partial charge in [-0.2, -0.15) is 0 Å². The molecule has 23 heavy (non-hydrogen) atoms. The highest BCUT2D eigenvalue weighted by molar-refractivity contribution is 5.92. The normalized spacial score (nSPS) is 18.6. The van der Waals surface area contributed by atoms with E-state index in [-0.39, 0.29) is 11.8 Å². The minimum absolute atomic E-state index is 0.0776. The second-order valence-electron chi connectivity index (χ2n) is 6.42. The van der Waals surface area contributed by atoms with Crippen molar-refractivity contribution in [3.8, 4) is 0 Å². The fourth-order valence-corrected chi connectivity index (χ4v) is 3.14. The zero-order valence-electron chi connectivity index (χ0n) is 13.7. The number of rotatable bonds is 4. The van der Waals surface area contributed by atoms with Crippen LogP contribution in [-0.2, 0) is 11.3 Å². The van der Waals surface area contributed by atoms with Crippen molar-refractivity contribution in [2.24, 2.45) is 5.92 Å². The number of amides is 1. The molecule has 1 heterocycles. The Morgan fingerprint density at radius 2 is 1.87 bits per heavy atom. The van der Waals surface area contributed by atoms with Crippen LogP contribution < -0.4 is 5.32 Å². The first-order chi connectivity index (χ1) is 11.2. The largest absolute Gasteiger partial charge is 0.326 e. The van der Waals surface area contributed by atoms with Crippen LogP contribution in [0.5, 0.6) is 0 Å². The van der Waals surface area contributed by atoms with E-state index in [1.54, 1.807) is 0 Å². The first kappa shape index (κ1) is 15.8. The second-order valence-corrected chi connectivity index (χ2v) is 6.42. The number of aryl methyl sites for hydroxylation is 1. The molecule has 0 aromatic heterocycles. The van der Waals surface area contributed by atoms with E-state index in [4.69, 9.17) is 0 Å². The molecule has 3 heteroatoms. The Morgan fingerprint density at radius 1 is 1.13 bits per heavy atom. The fraction of sp³-hybridized carbons (Fsp3) is 0.350. The fourth-order valence-electron chi connectivity index (χ4n) is 3.14. The summed E-state index contributed by atoms with van der Waals surface area (Å²) < 4.78 is 0. The SMILES string of the molecule is Cc1ccc(NC(=O)C2CCCN(Cc3ccccc3)C2)cc1. The lowest BCUT2D eigenvalue weighted by atomic mass is 9.96. The van der Waals surface area contributed by atoms with Gasteiger partial charge in [0, 0.05) is 18.8 Å². The third kappa shape index (κ3) is 4.42. The van der Waals surface area contributed by atoms with Gasteiger partial charge < -0.3 is 5.32 Å². The van der Waals surface area contributed by atoms with E-state index in [0.717, 1.165) is 38.2 Å². The van der Waals surface area contributed by atoms with Gasteiger partial charge in [0.25, 0.3) is 0 Å². The van der Waals surface area contributed by atoms with Crippen molar-refractivity contribution in [1.82, 2.24) is 4.90 Å². The predicted molar refractivity (Wildman–Crippen MR) is 94.3 cm³/mol. The summed E-state index contributed by atoms with van der Waals surface area (Å²) in [7, 11) is 0. The molecule has 1 amide bonds. The van der Waals surface area contributed by atoms with Crippen LogP contribution in [0.15, 0.2) is 54.6 Å². The van der Waals surface area contributed by atoms with Crippen molar-refractivity contribution in [3.05, 3.63) is 65.7 Å². The van der Waals surface area contributed by atoms with Crippen LogP contribution in [0.1, 0.15) is 24.0 Å². The molecule has 120 valence electrons. The van der Waals surface area contributed by atoms with Gasteiger partial charge >= 0.3 is 0 Å². The van der Waals surface area contributed by atoms with Gasteiger partial charge in [0.1, 0.15) is 0 Å². The Balaban J connectivity index is 1.57. The Kier molecular flexibility index (Phi) is 5.09. The number of hydrogen-bond donors (Lipinski definition) is 1. The van der Waals surface area contributed by atoms with Gasteiger partial charge in [-0.1, -0.05) is 48.0 Å². The number of carbonyl (C=O) groups excluding carboxylic acids is 1. The molecule has 3 nitrogen and oxygen atoms in total. The predicted octanol–water partition coefficient (Wildman–Crippen LogP) is 3.85. The van der Waals surface area contributed by atoms with Crippen molar-refractivity contribution in [3.63, 3.8) is 0 Å². The van der Waals surface area contributed by atoms with E-state index in [2.05, 4.69) is 34.5 Å². The van der Waals surface area contributed by atoms with Crippen molar-refractivity contribution >= 4 is 11.6 Å². The molecule has 2 aromatic rings. The van der Waals surface area contributed by atoms with Gasteiger partial charge in [-0.15, -0.1) is 0 Å². The second kappa shape index (κ2) is 7.42. The molecule has 0 aliphatic carbocycles.